The molecule has 0 saturated heterocycles. The van der Waals surface area contributed by atoms with Crippen molar-refractivity contribution < 1.29 is 0 Å². The van der Waals surface area contributed by atoms with Crippen molar-refractivity contribution >= 4 is 43.6 Å². The zero-order valence-electron chi connectivity index (χ0n) is 28.2. The molecule has 3 nitrogen and oxygen atoms in total. The first-order valence-electron chi connectivity index (χ1n) is 17.6. The summed E-state index contributed by atoms with van der Waals surface area (Å²) in [6.07, 6.45) is 0. The van der Waals surface area contributed by atoms with E-state index in [4.69, 9.17) is 5.26 Å². The molecule has 0 amide bonds. The Bertz CT molecular complexity index is 2990. The maximum absolute atomic E-state index is 9.17. The number of benzene rings is 8. The van der Waals surface area contributed by atoms with Gasteiger partial charge < -0.3 is 9.13 Å². The molecule has 0 atom stereocenters. The van der Waals surface area contributed by atoms with Crippen LogP contribution in [0, 0.1) is 11.3 Å². The predicted molar refractivity (Wildman–Crippen MR) is 216 cm³/mol. The van der Waals surface area contributed by atoms with Crippen LogP contribution in [0.4, 0.5) is 0 Å². The van der Waals surface area contributed by atoms with Crippen LogP contribution in [0.3, 0.4) is 0 Å². The topological polar surface area (TPSA) is 33.6 Å². The summed E-state index contributed by atoms with van der Waals surface area (Å²) in [5.74, 6) is 0. The van der Waals surface area contributed by atoms with Gasteiger partial charge in [0.05, 0.1) is 33.7 Å². The van der Waals surface area contributed by atoms with Crippen molar-refractivity contribution in [2.75, 3.05) is 0 Å². The second kappa shape index (κ2) is 12.0. The monoisotopic (exact) mass is 661 g/mol. The quantitative estimate of drug-likeness (QED) is 0.181. The fraction of sp³-hybridized carbons (Fsp3) is 0. The summed E-state index contributed by atoms with van der Waals surface area (Å²) in [6.45, 7) is 0. The highest BCUT2D eigenvalue weighted by molar-refractivity contribution is 6.12. The van der Waals surface area contributed by atoms with Crippen LogP contribution < -0.4 is 0 Å². The number of rotatable bonds is 5. The Labute approximate surface area is 301 Å². The summed E-state index contributed by atoms with van der Waals surface area (Å²) in [7, 11) is 0. The molecule has 0 radical (unpaired) electrons. The number of nitrogens with zero attached hydrogens (tertiary/aromatic N) is 3. The number of nitriles is 1. The van der Waals surface area contributed by atoms with Gasteiger partial charge in [-0.3, -0.25) is 0 Å². The average Bonchev–Trinajstić information content (AvgIpc) is 3.73. The van der Waals surface area contributed by atoms with E-state index in [1.54, 1.807) is 0 Å². The zero-order valence-corrected chi connectivity index (χ0v) is 28.2. The molecule has 10 rings (SSSR count). The standard InChI is InChI=1S/C49H31N3/c50-32-33-17-19-34(20-18-33)35-21-23-36(24-22-35)37-9-8-12-41(29-37)52-47-16-7-5-14-43(47)45-31-39(26-28-49(45)52)38-25-27-48-44(30-38)42-13-4-6-15-46(42)51(48)40-10-2-1-3-11-40/h1-31H. The highest BCUT2D eigenvalue weighted by atomic mass is 15.0. The van der Waals surface area contributed by atoms with Gasteiger partial charge in [-0.15, -0.1) is 0 Å². The molecule has 0 aliphatic rings. The van der Waals surface area contributed by atoms with Gasteiger partial charge in [0.15, 0.2) is 0 Å². The molecular weight excluding hydrogens is 631 g/mol. The third-order valence-electron chi connectivity index (χ3n) is 10.4. The Balaban J connectivity index is 1.06. The fourth-order valence-corrected chi connectivity index (χ4v) is 7.86. The third-order valence-corrected chi connectivity index (χ3v) is 10.4. The predicted octanol–water partition coefficient (Wildman–Crippen LogP) is 12.8. The van der Waals surface area contributed by atoms with Crippen LogP contribution in [0.2, 0.25) is 0 Å². The zero-order chi connectivity index (χ0) is 34.6. The van der Waals surface area contributed by atoms with Crippen LogP contribution in [0.15, 0.2) is 188 Å². The lowest BCUT2D eigenvalue weighted by molar-refractivity contribution is 1.18. The van der Waals surface area contributed by atoms with E-state index in [1.165, 1.54) is 60.4 Å². The molecule has 0 unspecified atom stereocenters. The maximum Gasteiger partial charge on any atom is 0.0991 e. The number of fused-ring (bicyclic) bond motifs is 6. The molecule has 2 aromatic heterocycles. The van der Waals surface area contributed by atoms with E-state index in [0.717, 1.165) is 27.9 Å². The van der Waals surface area contributed by atoms with Crippen LogP contribution in [-0.2, 0) is 0 Å². The first-order chi connectivity index (χ1) is 25.7. The van der Waals surface area contributed by atoms with Gasteiger partial charge in [-0.1, -0.05) is 115 Å². The fourth-order valence-electron chi connectivity index (χ4n) is 7.86. The van der Waals surface area contributed by atoms with Crippen molar-refractivity contribution in [3.05, 3.63) is 194 Å². The Hall–Kier alpha value is -7.15. The molecule has 0 saturated carbocycles. The van der Waals surface area contributed by atoms with Gasteiger partial charge in [0.2, 0.25) is 0 Å². The van der Waals surface area contributed by atoms with Crippen molar-refractivity contribution in [3.63, 3.8) is 0 Å². The average molecular weight is 662 g/mol. The van der Waals surface area contributed by atoms with Crippen LogP contribution in [-0.4, -0.2) is 9.13 Å². The van der Waals surface area contributed by atoms with E-state index < -0.39 is 0 Å². The Morgan fingerprint density at radius 2 is 0.731 bits per heavy atom. The summed E-state index contributed by atoms with van der Waals surface area (Å²) in [5.41, 5.74) is 14.7. The molecule has 52 heavy (non-hydrogen) atoms. The SMILES string of the molecule is N#Cc1ccc(-c2ccc(-c3cccc(-n4c5ccccc5c5cc(-c6ccc7c(c6)c6ccccc6n7-c6ccccc6)ccc54)c3)cc2)cc1. The molecule has 10 aromatic rings. The van der Waals surface area contributed by atoms with Crippen molar-refractivity contribution in [3.8, 4) is 50.8 Å². The lowest BCUT2D eigenvalue weighted by atomic mass is 9.99. The molecule has 0 bridgehead atoms. The largest absolute Gasteiger partial charge is 0.309 e. The highest BCUT2D eigenvalue weighted by Crippen LogP contribution is 2.38. The van der Waals surface area contributed by atoms with E-state index in [9.17, 15) is 0 Å². The van der Waals surface area contributed by atoms with Crippen molar-refractivity contribution in [2.45, 2.75) is 0 Å². The molecule has 242 valence electrons. The molecule has 0 aliphatic carbocycles. The smallest absolute Gasteiger partial charge is 0.0991 e. The minimum Gasteiger partial charge on any atom is -0.309 e. The maximum atomic E-state index is 9.17. The van der Waals surface area contributed by atoms with Crippen LogP contribution in [0.1, 0.15) is 5.56 Å². The Morgan fingerprint density at radius 1 is 0.308 bits per heavy atom. The summed E-state index contributed by atoms with van der Waals surface area (Å²) in [6, 6.07) is 69.2. The van der Waals surface area contributed by atoms with E-state index in [1.807, 2.05) is 24.3 Å². The molecular formula is C49H31N3. The van der Waals surface area contributed by atoms with Crippen LogP contribution >= 0.6 is 0 Å². The van der Waals surface area contributed by atoms with Crippen molar-refractivity contribution in [2.24, 2.45) is 0 Å². The summed E-state index contributed by atoms with van der Waals surface area (Å²) in [5, 5.41) is 14.1. The molecule has 8 aromatic carbocycles. The number of hydrogen-bond donors (Lipinski definition) is 0. The van der Waals surface area contributed by atoms with Gasteiger partial charge in [0, 0.05) is 32.9 Å². The minimum atomic E-state index is 0.670. The molecule has 3 heteroatoms. The summed E-state index contributed by atoms with van der Waals surface area (Å²) >= 11 is 0. The van der Waals surface area contributed by atoms with Gasteiger partial charge >= 0.3 is 0 Å². The first kappa shape index (κ1) is 29.7. The third kappa shape index (κ3) is 4.81. The lowest BCUT2D eigenvalue weighted by Crippen LogP contribution is -1.94. The summed E-state index contributed by atoms with van der Waals surface area (Å²) in [4.78, 5) is 0. The number of para-hydroxylation sites is 3. The molecule has 0 aliphatic heterocycles. The number of hydrogen-bond acceptors (Lipinski definition) is 1. The molecule has 2 heterocycles. The van der Waals surface area contributed by atoms with E-state index >= 15 is 0 Å². The van der Waals surface area contributed by atoms with Crippen LogP contribution in [0.5, 0.6) is 0 Å². The highest BCUT2D eigenvalue weighted by Gasteiger charge is 2.16. The lowest BCUT2D eigenvalue weighted by Gasteiger charge is -2.11. The van der Waals surface area contributed by atoms with Crippen LogP contribution in [0.25, 0.3) is 88.4 Å². The van der Waals surface area contributed by atoms with Gasteiger partial charge in [-0.25, -0.2) is 0 Å². The second-order valence-electron chi connectivity index (χ2n) is 13.3. The van der Waals surface area contributed by atoms with Crippen molar-refractivity contribution in [1.82, 2.24) is 9.13 Å². The van der Waals surface area contributed by atoms with E-state index in [0.29, 0.717) is 5.56 Å². The normalized spacial score (nSPS) is 11.4. The molecule has 0 fully saturated rings. The second-order valence-corrected chi connectivity index (χ2v) is 13.3. The first-order valence-corrected chi connectivity index (χ1v) is 17.6. The minimum absolute atomic E-state index is 0.670. The van der Waals surface area contributed by atoms with E-state index in [-0.39, 0.29) is 0 Å². The van der Waals surface area contributed by atoms with E-state index in [2.05, 4.69) is 179 Å². The Kier molecular flexibility index (Phi) is 6.87. The molecule has 0 N–H and O–H groups in total. The van der Waals surface area contributed by atoms with Crippen molar-refractivity contribution in [1.29, 1.82) is 5.26 Å². The molecule has 0 spiro atoms. The van der Waals surface area contributed by atoms with Gasteiger partial charge in [-0.05, 0) is 106 Å². The Morgan fingerprint density at radius 3 is 1.31 bits per heavy atom. The van der Waals surface area contributed by atoms with Gasteiger partial charge in [0.1, 0.15) is 0 Å². The number of aromatic nitrogens is 2. The summed E-state index contributed by atoms with van der Waals surface area (Å²) < 4.78 is 4.75. The van der Waals surface area contributed by atoms with Gasteiger partial charge in [-0.2, -0.15) is 5.26 Å². The van der Waals surface area contributed by atoms with Gasteiger partial charge in [0.25, 0.3) is 0 Å².